The Hall–Kier alpha value is -1.50. The van der Waals surface area contributed by atoms with E-state index >= 15 is 0 Å². The Morgan fingerprint density at radius 2 is 2.00 bits per heavy atom. The van der Waals surface area contributed by atoms with Crippen molar-refractivity contribution in [3.63, 3.8) is 0 Å². The first kappa shape index (κ1) is 13.9. The third-order valence-electron chi connectivity index (χ3n) is 2.42. The number of alkyl halides is 4. The predicted octanol–water partition coefficient (Wildman–Crippen LogP) is 3.76. The zero-order valence-corrected chi connectivity index (χ0v) is 11.5. The zero-order valence-electron chi connectivity index (χ0n) is 9.87. The Morgan fingerprint density at radius 1 is 1.26 bits per heavy atom. The second-order valence-corrected chi connectivity index (χ2v) is 4.48. The van der Waals surface area contributed by atoms with Gasteiger partial charge in [-0.2, -0.15) is 13.2 Å². The third-order valence-corrected chi connectivity index (χ3v) is 3.03. The van der Waals surface area contributed by atoms with Crippen LogP contribution in [0.3, 0.4) is 0 Å². The van der Waals surface area contributed by atoms with Crippen molar-refractivity contribution in [2.24, 2.45) is 0 Å². The molecule has 0 spiro atoms. The van der Waals surface area contributed by atoms with Crippen molar-refractivity contribution in [1.29, 1.82) is 0 Å². The van der Waals surface area contributed by atoms with Crippen LogP contribution < -0.4 is 0 Å². The van der Waals surface area contributed by atoms with Gasteiger partial charge in [0, 0.05) is 23.3 Å². The Kier molecular flexibility index (Phi) is 3.84. The quantitative estimate of drug-likeness (QED) is 0.786. The maximum atomic E-state index is 12.9. The van der Waals surface area contributed by atoms with Gasteiger partial charge in [-0.1, -0.05) is 15.9 Å². The topological polar surface area (TPSA) is 38.7 Å². The number of aromatic nitrogens is 3. The van der Waals surface area contributed by atoms with Gasteiger partial charge in [0.1, 0.15) is 5.69 Å². The summed E-state index contributed by atoms with van der Waals surface area (Å²) in [6, 6.07) is 3.39. The minimum absolute atomic E-state index is 0.00361. The highest BCUT2D eigenvalue weighted by molar-refractivity contribution is 9.08. The molecule has 0 saturated carbocycles. The molecule has 0 fully saturated rings. The fourth-order valence-electron chi connectivity index (χ4n) is 1.53. The van der Waals surface area contributed by atoms with E-state index in [1.807, 2.05) is 6.92 Å². The molecule has 0 aliphatic rings. The van der Waals surface area contributed by atoms with E-state index in [0.717, 1.165) is 5.56 Å². The van der Waals surface area contributed by atoms with Crippen molar-refractivity contribution in [3.05, 3.63) is 41.3 Å². The predicted molar refractivity (Wildman–Crippen MR) is 67.6 cm³/mol. The van der Waals surface area contributed by atoms with Crippen LogP contribution in [0, 0.1) is 6.92 Å². The van der Waals surface area contributed by atoms with E-state index in [2.05, 4.69) is 30.9 Å². The highest BCUT2D eigenvalue weighted by Gasteiger charge is 2.35. The second-order valence-electron chi connectivity index (χ2n) is 3.92. The van der Waals surface area contributed by atoms with Gasteiger partial charge in [-0.25, -0.2) is 9.97 Å². The molecule has 2 rings (SSSR count). The molecule has 2 aromatic heterocycles. The van der Waals surface area contributed by atoms with Crippen molar-refractivity contribution in [1.82, 2.24) is 15.0 Å². The summed E-state index contributed by atoms with van der Waals surface area (Å²) in [6.07, 6.45) is -1.83. The average Bonchev–Trinajstić information content (AvgIpc) is 2.37. The lowest BCUT2D eigenvalue weighted by Gasteiger charge is -2.11. The number of aryl methyl sites for hydroxylation is 1. The first-order valence-corrected chi connectivity index (χ1v) is 6.46. The lowest BCUT2D eigenvalue weighted by molar-refractivity contribution is -0.141. The molecule has 0 saturated heterocycles. The normalized spacial score (nSPS) is 11.6. The first-order chi connectivity index (χ1) is 8.91. The number of pyridine rings is 1. The number of hydrogen-bond donors (Lipinski definition) is 0. The van der Waals surface area contributed by atoms with Gasteiger partial charge in [0.05, 0.1) is 0 Å². The van der Waals surface area contributed by atoms with Gasteiger partial charge in [0.25, 0.3) is 0 Å². The Bertz CT molecular complexity index is 599. The minimum atomic E-state index is -4.51. The minimum Gasteiger partial charge on any atom is -0.253 e. The van der Waals surface area contributed by atoms with Gasteiger partial charge in [-0.05, 0) is 24.6 Å². The van der Waals surface area contributed by atoms with Crippen LogP contribution >= 0.6 is 15.9 Å². The zero-order chi connectivity index (χ0) is 14.0. The maximum absolute atomic E-state index is 12.9. The van der Waals surface area contributed by atoms with Crippen LogP contribution in [0.4, 0.5) is 13.2 Å². The van der Waals surface area contributed by atoms with E-state index in [9.17, 15) is 13.2 Å². The lowest BCUT2D eigenvalue weighted by atomic mass is 10.2. The molecule has 0 atom stereocenters. The van der Waals surface area contributed by atoms with Gasteiger partial charge >= 0.3 is 6.18 Å². The van der Waals surface area contributed by atoms with E-state index in [-0.39, 0.29) is 16.7 Å². The van der Waals surface area contributed by atoms with Crippen LogP contribution in [0.25, 0.3) is 11.5 Å². The molecular formula is C12H9BrF3N3. The molecule has 2 heterocycles. The molecule has 0 aliphatic heterocycles. The van der Waals surface area contributed by atoms with Crippen LogP contribution in [0.5, 0.6) is 0 Å². The van der Waals surface area contributed by atoms with Crippen molar-refractivity contribution in [3.8, 4) is 11.5 Å². The van der Waals surface area contributed by atoms with Crippen LogP contribution in [0.1, 0.15) is 16.8 Å². The van der Waals surface area contributed by atoms with Gasteiger partial charge in [-0.15, -0.1) is 0 Å². The molecule has 3 nitrogen and oxygen atoms in total. The van der Waals surface area contributed by atoms with Gasteiger partial charge < -0.3 is 0 Å². The molecule has 0 aromatic carbocycles. The highest BCUT2D eigenvalue weighted by atomic mass is 79.9. The van der Waals surface area contributed by atoms with E-state index < -0.39 is 11.9 Å². The number of hydrogen-bond acceptors (Lipinski definition) is 3. The molecule has 0 aliphatic carbocycles. The largest absolute Gasteiger partial charge is 0.433 e. The smallest absolute Gasteiger partial charge is 0.253 e. The summed E-state index contributed by atoms with van der Waals surface area (Å²) >= 11 is 3.00. The monoisotopic (exact) mass is 331 g/mol. The van der Waals surface area contributed by atoms with E-state index in [1.54, 1.807) is 12.1 Å². The second kappa shape index (κ2) is 5.24. The van der Waals surface area contributed by atoms with E-state index in [0.29, 0.717) is 5.69 Å². The average molecular weight is 332 g/mol. The molecule has 7 heteroatoms. The third kappa shape index (κ3) is 3.09. The molecule has 0 amide bonds. The summed E-state index contributed by atoms with van der Waals surface area (Å²) in [7, 11) is 0. The van der Waals surface area contributed by atoms with E-state index in [4.69, 9.17) is 0 Å². The summed E-state index contributed by atoms with van der Waals surface area (Å²) in [4.78, 5) is 11.5. The van der Waals surface area contributed by atoms with Crippen molar-refractivity contribution in [2.45, 2.75) is 18.4 Å². The molecule has 2 aromatic rings. The number of nitrogens with zero attached hydrogens (tertiary/aromatic N) is 3. The summed E-state index contributed by atoms with van der Waals surface area (Å²) < 4.78 is 38.6. The van der Waals surface area contributed by atoms with E-state index in [1.165, 1.54) is 12.4 Å². The Labute approximate surface area is 116 Å². The molecule has 0 radical (unpaired) electrons. The first-order valence-electron chi connectivity index (χ1n) is 5.34. The Morgan fingerprint density at radius 3 is 2.58 bits per heavy atom. The van der Waals surface area contributed by atoms with Crippen molar-refractivity contribution in [2.75, 3.05) is 0 Å². The SMILES string of the molecule is Cc1ccnc(-c2ncc(CBr)c(C(F)(F)F)n2)c1. The summed E-state index contributed by atoms with van der Waals surface area (Å²) in [5, 5.41) is 0.0450. The number of halogens is 4. The summed E-state index contributed by atoms with van der Waals surface area (Å²) in [6.45, 7) is 1.82. The van der Waals surface area contributed by atoms with Crippen LogP contribution in [-0.4, -0.2) is 15.0 Å². The fraction of sp³-hybridized carbons (Fsp3) is 0.250. The van der Waals surface area contributed by atoms with Crippen LogP contribution in [0.15, 0.2) is 24.5 Å². The van der Waals surface area contributed by atoms with Gasteiger partial charge in [-0.3, -0.25) is 4.98 Å². The molecule has 19 heavy (non-hydrogen) atoms. The fourth-order valence-corrected chi connectivity index (χ4v) is 1.94. The molecule has 100 valence electrons. The van der Waals surface area contributed by atoms with Gasteiger partial charge in [0.15, 0.2) is 11.5 Å². The Balaban J connectivity index is 2.55. The van der Waals surface area contributed by atoms with Gasteiger partial charge in [0.2, 0.25) is 0 Å². The molecular weight excluding hydrogens is 323 g/mol. The molecule has 0 bridgehead atoms. The maximum Gasteiger partial charge on any atom is 0.433 e. The van der Waals surface area contributed by atoms with Crippen molar-refractivity contribution < 1.29 is 13.2 Å². The number of rotatable bonds is 2. The molecule has 0 unspecified atom stereocenters. The standard InChI is InChI=1S/C12H9BrF3N3/c1-7-2-3-17-9(4-7)11-18-6-8(5-13)10(19-11)12(14,15)16/h2-4,6H,5H2,1H3. The molecule has 0 N–H and O–H groups in total. The summed E-state index contributed by atoms with van der Waals surface area (Å²) in [5.74, 6) is -0.0271. The highest BCUT2D eigenvalue weighted by Crippen LogP contribution is 2.32. The van der Waals surface area contributed by atoms with Crippen LogP contribution in [0.2, 0.25) is 0 Å². The summed E-state index contributed by atoms with van der Waals surface area (Å²) in [5.41, 5.74) is 0.278. The van der Waals surface area contributed by atoms with Crippen LogP contribution in [-0.2, 0) is 11.5 Å². The lowest BCUT2D eigenvalue weighted by Crippen LogP contribution is -2.13. The van der Waals surface area contributed by atoms with Crippen molar-refractivity contribution >= 4 is 15.9 Å².